The number of pyridine rings is 2. The van der Waals surface area contributed by atoms with Crippen LogP contribution in [0, 0.1) is 11.8 Å². The molecule has 0 saturated heterocycles. The van der Waals surface area contributed by atoms with Crippen LogP contribution in [-0.4, -0.2) is 81.1 Å². The fourth-order valence-electron chi connectivity index (χ4n) is 6.72. The van der Waals surface area contributed by atoms with Crippen molar-refractivity contribution in [2.75, 3.05) is 33.6 Å². The van der Waals surface area contributed by atoms with E-state index < -0.39 is 10.8 Å². The Bertz CT molecular complexity index is 2440. The van der Waals surface area contributed by atoms with E-state index in [4.69, 9.17) is 29.4 Å². The zero-order valence-electron chi connectivity index (χ0n) is 38.3. The summed E-state index contributed by atoms with van der Waals surface area (Å²) in [7, 11) is 2.02. The van der Waals surface area contributed by atoms with Crippen LogP contribution in [0.4, 0.5) is 0 Å². The molecule has 4 aromatic heterocycles. The molecule has 8 rings (SSSR count). The molecule has 6 aromatic rings. The summed E-state index contributed by atoms with van der Waals surface area (Å²) < 4.78 is 31.6. The topological polar surface area (TPSA) is 224 Å². The van der Waals surface area contributed by atoms with E-state index in [-0.39, 0.29) is 163 Å². The van der Waals surface area contributed by atoms with Gasteiger partial charge < -0.3 is 41.5 Å². The molecule has 21 heteroatoms. The van der Waals surface area contributed by atoms with Crippen molar-refractivity contribution in [1.82, 2.24) is 30.6 Å². The van der Waals surface area contributed by atoms with Crippen molar-refractivity contribution in [1.29, 1.82) is 0 Å². The molecule has 1 atom stereocenters. The average molecular weight is 1190 g/mol. The van der Waals surface area contributed by atoms with Gasteiger partial charge in [-0.15, -0.1) is 11.3 Å². The number of carbonyl (C=O) groups excluding carboxylic acids is 3. The second kappa shape index (κ2) is 31.6. The van der Waals surface area contributed by atoms with Crippen LogP contribution in [-0.2, 0) is 20.5 Å². The summed E-state index contributed by atoms with van der Waals surface area (Å²) in [4.78, 5) is 51.5. The van der Waals surface area contributed by atoms with Gasteiger partial charge in [0.15, 0.2) is 4.34 Å². The number of hydrogen-bond donors (Lipinski definition) is 3. The molecule has 338 valence electrons. The van der Waals surface area contributed by atoms with Gasteiger partial charge in [-0.05, 0) is 73.9 Å². The molecule has 0 aliphatic heterocycles. The van der Waals surface area contributed by atoms with E-state index in [1.807, 2.05) is 30.3 Å². The van der Waals surface area contributed by atoms with E-state index in [0.29, 0.717) is 56.7 Å². The second-order valence-corrected chi connectivity index (χ2v) is 18.1. The van der Waals surface area contributed by atoms with Crippen molar-refractivity contribution < 1.29 is 187 Å². The van der Waals surface area contributed by atoms with Crippen molar-refractivity contribution in [3.63, 3.8) is 0 Å². The van der Waals surface area contributed by atoms with Gasteiger partial charge in [0.05, 0.1) is 37.8 Å². The number of aliphatic hydroxyl groups is 1. The molecule has 2 amide bonds. The minimum Gasteiger partial charge on any atom is -1.00 e. The number of thiazole rings is 2. The zero-order valence-corrected chi connectivity index (χ0v) is 52.3. The van der Waals surface area contributed by atoms with Gasteiger partial charge in [0.25, 0.3) is 23.5 Å². The van der Waals surface area contributed by atoms with E-state index in [2.05, 4.69) is 35.5 Å². The third kappa shape index (κ3) is 19.4. The number of nitrogens with one attached hydrogen (secondary N) is 2. The number of hydrogen-bond acceptors (Lipinski definition) is 16. The van der Waals surface area contributed by atoms with E-state index in [9.17, 15) is 13.8 Å². The fourth-order valence-corrected chi connectivity index (χ4v) is 9.26. The number of amides is 2. The van der Waals surface area contributed by atoms with Gasteiger partial charge in [0, 0.05) is 63.6 Å². The molecule has 2 aromatic carbocycles. The molecular weight excluding hydrogens is 1130 g/mol. The SMILES string of the molecule is CNC(=O)c1cc(Oc2ccc3nc(OCC4CCCCC4)sc3c2)ccn1.CNC(=O)c1cc(Oc2ccc3nc(S(C)=O)sc3c2)ccn1.O=CO[O-].OCC1CCCCC1.[Cs+].[Cs+].[H-]. The number of benzene rings is 2. The van der Waals surface area contributed by atoms with Gasteiger partial charge >= 0.3 is 138 Å². The summed E-state index contributed by atoms with van der Waals surface area (Å²) in [6, 6.07) is 17.8. The van der Waals surface area contributed by atoms with Gasteiger partial charge in [0.2, 0.25) is 0 Å². The molecular formula is C44H52Cs2N6O10S3. The Morgan fingerprint density at radius 2 is 1.22 bits per heavy atom. The Morgan fingerprint density at radius 3 is 1.66 bits per heavy atom. The Kier molecular flexibility index (Phi) is 28.1. The smallest absolute Gasteiger partial charge is 1.00 e. The standard InChI is InChI=1S/C21H23N3O3S.C15H13N3O3S2.C7H14O.CH2O3.2Cs.H/c1-22-20(25)18-11-16(9-10-23-18)27-15-7-8-17-19(12-15)28-21(24-17)26-13-14-5-3-2-4-6-14;1-16-14(19)12-7-10(5-6-17-12)21-9-3-4-11-13(8-9)22-15(18-11)23(2)20;8-6-7-4-2-1-3-5-7;2-1-4-3;;;/h7-12,14H,2-6,13H2,1H3,(H,22,25);3-8H,1-2H3,(H,16,19);7-8H,1-6H2;1,3H;;;/q;;;;2*+1;-1/p-1. The van der Waals surface area contributed by atoms with Gasteiger partial charge in [-0.3, -0.25) is 28.6 Å². The maximum Gasteiger partial charge on any atom is 1.00 e. The number of fused-ring (bicyclic) bond motifs is 2. The minimum atomic E-state index is -1.10. The number of ether oxygens (including phenoxy) is 3. The predicted octanol–water partition coefficient (Wildman–Crippen LogP) is 1.50. The van der Waals surface area contributed by atoms with Crippen molar-refractivity contribution in [2.45, 2.75) is 68.5 Å². The van der Waals surface area contributed by atoms with Crippen LogP contribution in [0.15, 0.2) is 77.4 Å². The number of aliphatic hydroxyl groups excluding tert-OH is 1. The molecule has 2 aliphatic carbocycles. The number of aromatic nitrogens is 4. The van der Waals surface area contributed by atoms with Crippen molar-refractivity contribution in [3.8, 4) is 28.2 Å². The maximum absolute atomic E-state index is 11.7. The van der Waals surface area contributed by atoms with Gasteiger partial charge in [-0.1, -0.05) is 49.9 Å². The monoisotopic (exact) mass is 1190 g/mol. The van der Waals surface area contributed by atoms with Crippen LogP contribution >= 0.6 is 22.7 Å². The summed E-state index contributed by atoms with van der Waals surface area (Å²) in [5.74, 6) is 3.15. The van der Waals surface area contributed by atoms with E-state index in [0.717, 1.165) is 27.0 Å². The molecule has 2 saturated carbocycles. The molecule has 16 nitrogen and oxygen atoms in total. The van der Waals surface area contributed by atoms with Crippen molar-refractivity contribution in [2.24, 2.45) is 11.8 Å². The van der Waals surface area contributed by atoms with E-state index >= 15 is 0 Å². The molecule has 65 heavy (non-hydrogen) atoms. The predicted molar refractivity (Wildman–Crippen MR) is 241 cm³/mol. The third-order valence-corrected chi connectivity index (χ3v) is 13.3. The molecule has 0 spiro atoms. The van der Waals surface area contributed by atoms with Crippen molar-refractivity contribution in [3.05, 3.63) is 84.4 Å². The van der Waals surface area contributed by atoms with Crippen LogP contribution in [0.25, 0.3) is 20.4 Å². The van der Waals surface area contributed by atoms with E-state index in [1.165, 1.54) is 93.1 Å². The largest absolute Gasteiger partial charge is 1.00 e. The Labute approximate surface area is 507 Å². The number of carbonyl (C=O) groups is 3. The molecule has 3 N–H and O–H groups in total. The van der Waals surface area contributed by atoms with Crippen LogP contribution < -0.4 is 168 Å². The summed E-state index contributed by atoms with van der Waals surface area (Å²) in [5.41, 5.74) is 2.29. The van der Waals surface area contributed by atoms with Gasteiger partial charge in [-0.25, -0.2) is 9.97 Å². The first-order valence-electron chi connectivity index (χ1n) is 20.4. The normalized spacial score (nSPS) is 13.9. The quantitative estimate of drug-likeness (QED) is 0.0898. The summed E-state index contributed by atoms with van der Waals surface area (Å²) in [6.07, 6.45) is 17.7. The first kappa shape index (κ1) is 57.8. The second-order valence-electron chi connectivity index (χ2n) is 14.5. The Morgan fingerprint density at radius 1 is 0.754 bits per heavy atom. The first-order valence-corrected chi connectivity index (χ1v) is 23.6. The Hall–Kier alpha value is -1.50. The third-order valence-electron chi connectivity index (χ3n) is 9.97. The molecule has 0 radical (unpaired) electrons. The molecule has 4 heterocycles. The van der Waals surface area contributed by atoms with Crippen LogP contribution in [0.5, 0.6) is 28.2 Å². The van der Waals surface area contributed by atoms with Gasteiger partial charge in [-0.2, -0.15) is 0 Å². The van der Waals surface area contributed by atoms with E-state index in [1.54, 1.807) is 56.9 Å². The molecule has 0 bridgehead atoms. The molecule has 2 aliphatic rings. The summed E-state index contributed by atoms with van der Waals surface area (Å²) in [5, 5.41) is 22.9. The minimum absolute atomic E-state index is 0. The Balaban J connectivity index is 0.000000354. The number of rotatable bonds is 12. The average Bonchev–Trinajstić information content (AvgIpc) is 3.96. The van der Waals surface area contributed by atoms with Crippen LogP contribution in [0.1, 0.15) is 86.6 Å². The summed E-state index contributed by atoms with van der Waals surface area (Å²) >= 11 is 2.91. The van der Waals surface area contributed by atoms with Crippen molar-refractivity contribution >= 4 is 72.2 Å². The van der Waals surface area contributed by atoms with Gasteiger partial charge in [0.1, 0.15) is 34.4 Å². The molecule has 2 fully saturated rings. The maximum atomic E-state index is 11.7. The first-order chi connectivity index (χ1) is 30.6. The zero-order chi connectivity index (χ0) is 45.0. The van der Waals surface area contributed by atoms with Crippen LogP contribution in [0.3, 0.4) is 0 Å². The molecule has 1 unspecified atom stereocenters. The van der Waals surface area contributed by atoms with Crippen LogP contribution in [0.2, 0.25) is 0 Å². The fraction of sp³-hybridized carbons (Fsp3) is 0.386. The summed E-state index contributed by atoms with van der Waals surface area (Å²) in [6.45, 7) is 0.989. The number of nitrogens with zero attached hydrogens (tertiary/aromatic N) is 4.